The summed E-state index contributed by atoms with van der Waals surface area (Å²) >= 11 is 0. The Labute approximate surface area is 150 Å². The molecule has 1 aromatic rings. The van der Waals surface area contributed by atoms with Gasteiger partial charge in [-0.1, -0.05) is 6.07 Å². The highest BCUT2D eigenvalue weighted by Crippen LogP contribution is 2.44. The SMILES string of the molecule is O=C(O)N1CC[C@@H]2C(Cc3ccc(C(F)(F)F)cc3C3CC3)NC[C@H]2C1. The van der Waals surface area contributed by atoms with Crippen molar-refractivity contribution < 1.29 is 23.1 Å². The molecule has 1 aromatic carbocycles. The second-order valence-electron chi connectivity index (χ2n) is 7.85. The number of rotatable bonds is 3. The van der Waals surface area contributed by atoms with Crippen LogP contribution in [0, 0.1) is 11.8 Å². The van der Waals surface area contributed by atoms with Crippen molar-refractivity contribution in [3.63, 3.8) is 0 Å². The highest BCUT2D eigenvalue weighted by atomic mass is 19.4. The van der Waals surface area contributed by atoms with Gasteiger partial charge in [-0.2, -0.15) is 13.2 Å². The highest BCUT2D eigenvalue weighted by molar-refractivity contribution is 5.65. The summed E-state index contributed by atoms with van der Waals surface area (Å²) in [5.41, 5.74) is 1.31. The van der Waals surface area contributed by atoms with Gasteiger partial charge in [0.15, 0.2) is 0 Å². The van der Waals surface area contributed by atoms with Crippen LogP contribution in [0.4, 0.5) is 18.0 Å². The molecule has 1 amide bonds. The van der Waals surface area contributed by atoms with Gasteiger partial charge in [0.25, 0.3) is 0 Å². The van der Waals surface area contributed by atoms with Gasteiger partial charge in [-0.25, -0.2) is 4.79 Å². The maximum Gasteiger partial charge on any atom is 0.416 e. The number of amides is 1. The summed E-state index contributed by atoms with van der Waals surface area (Å²) in [5.74, 6) is 0.946. The third-order valence-corrected chi connectivity index (χ3v) is 6.15. The smallest absolute Gasteiger partial charge is 0.416 e. The first-order valence-corrected chi connectivity index (χ1v) is 9.24. The van der Waals surface area contributed by atoms with Crippen LogP contribution in [-0.2, 0) is 12.6 Å². The zero-order valence-corrected chi connectivity index (χ0v) is 14.4. The molecular formula is C19H23F3N2O2. The van der Waals surface area contributed by atoms with Crippen LogP contribution in [0.3, 0.4) is 0 Å². The van der Waals surface area contributed by atoms with Crippen LogP contribution < -0.4 is 5.32 Å². The fourth-order valence-corrected chi connectivity index (χ4v) is 4.62. The first-order valence-electron chi connectivity index (χ1n) is 9.24. The number of nitrogens with one attached hydrogen (secondary N) is 1. The van der Waals surface area contributed by atoms with Gasteiger partial charge in [-0.3, -0.25) is 0 Å². The van der Waals surface area contributed by atoms with Crippen molar-refractivity contribution in [2.24, 2.45) is 11.8 Å². The number of carbonyl (C=O) groups is 1. The molecule has 4 rings (SSSR count). The number of benzene rings is 1. The Kier molecular flexibility index (Phi) is 4.37. The molecule has 142 valence electrons. The van der Waals surface area contributed by atoms with E-state index in [0.29, 0.717) is 24.9 Å². The lowest BCUT2D eigenvalue weighted by molar-refractivity contribution is -0.137. The normalized spacial score (nSPS) is 28.9. The lowest BCUT2D eigenvalue weighted by atomic mass is 9.81. The maximum absolute atomic E-state index is 13.0. The van der Waals surface area contributed by atoms with Gasteiger partial charge in [0, 0.05) is 25.7 Å². The summed E-state index contributed by atoms with van der Waals surface area (Å²) in [4.78, 5) is 12.6. The van der Waals surface area contributed by atoms with E-state index in [4.69, 9.17) is 5.11 Å². The summed E-state index contributed by atoms with van der Waals surface area (Å²) in [5, 5.41) is 12.7. The molecule has 0 bridgehead atoms. The van der Waals surface area contributed by atoms with Gasteiger partial charge in [-0.15, -0.1) is 0 Å². The van der Waals surface area contributed by atoms with E-state index >= 15 is 0 Å². The Morgan fingerprint density at radius 2 is 2.04 bits per heavy atom. The minimum atomic E-state index is -4.30. The molecule has 1 saturated carbocycles. The van der Waals surface area contributed by atoms with Gasteiger partial charge in [0.1, 0.15) is 0 Å². The summed E-state index contributed by atoms with van der Waals surface area (Å²) in [7, 11) is 0. The second kappa shape index (κ2) is 6.44. The van der Waals surface area contributed by atoms with Gasteiger partial charge in [-0.05, 0) is 66.7 Å². The van der Waals surface area contributed by atoms with E-state index in [1.807, 2.05) is 0 Å². The predicted octanol–water partition coefficient (Wildman–Crippen LogP) is 3.71. The Bertz CT molecular complexity index is 703. The molecule has 2 N–H and O–H groups in total. The Balaban J connectivity index is 1.50. The van der Waals surface area contributed by atoms with E-state index in [0.717, 1.165) is 43.4 Å². The van der Waals surface area contributed by atoms with Crippen LogP contribution >= 0.6 is 0 Å². The number of carboxylic acid groups (broad SMARTS) is 1. The number of piperidine rings is 1. The van der Waals surface area contributed by atoms with E-state index in [2.05, 4.69) is 5.32 Å². The Morgan fingerprint density at radius 1 is 1.27 bits per heavy atom. The number of hydrogen-bond donors (Lipinski definition) is 2. The fraction of sp³-hybridized carbons (Fsp3) is 0.632. The number of nitrogens with zero attached hydrogens (tertiary/aromatic N) is 1. The Morgan fingerprint density at radius 3 is 2.69 bits per heavy atom. The molecule has 3 aliphatic rings. The van der Waals surface area contributed by atoms with Crippen molar-refractivity contribution in [3.8, 4) is 0 Å². The van der Waals surface area contributed by atoms with Gasteiger partial charge < -0.3 is 15.3 Å². The molecule has 3 fully saturated rings. The van der Waals surface area contributed by atoms with Crippen LogP contribution in [0.1, 0.15) is 41.9 Å². The van der Waals surface area contributed by atoms with Crippen molar-refractivity contribution >= 4 is 6.09 Å². The molecule has 1 aliphatic carbocycles. The van der Waals surface area contributed by atoms with Gasteiger partial charge in [0.2, 0.25) is 0 Å². The zero-order valence-electron chi connectivity index (χ0n) is 14.4. The first kappa shape index (κ1) is 17.6. The molecule has 1 unspecified atom stereocenters. The van der Waals surface area contributed by atoms with Crippen molar-refractivity contribution in [3.05, 3.63) is 34.9 Å². The summed E-state index contributed by atoms with van der Waals surface area (Å²) in [6.07, 6.45) is -1.71. The second-order valence-corrected chi connectivity index (χ2v) is 7.85. The van der Waals surface area contributed by atoms with Crippen LogP contribution in [-0.4, -0.2) is 41.8 Å². The Hall–Kier alpha value is -1.76. The minimum absolute atomic E-state index is 0.213. The quantitative estimate of drug-likeness (QED) is 0.855. The third-order valence-electron chi connectivity index (χ3n) is 6.15. The van der Waals surface area contributed by atoms with E-state index < -0.39 is 17.8 Å². The summed E-state index contributed by atoms with van der Waals surface area (Å²) in [6, 6.07) is 4.40. The van der Waals surface area contributed by atoms with Crippen molar-refractivity contribution in [2.45, 2.75) is 43.8 Å². The lowest BCUT2D eigenvalue weighted by Gasteiger charge is -2.35. The van der Waals surface area contributed by atoms with Crippen LogP contribution in [0.25, 0.3) is 0 Å². The fourth-order valence-electron chi connectivity index (χ4n) is 4.62. The summed E-state index contributed by atoms with van der Waals surface area (Å²) < 4.78 is 39.1. The molecular weight excluding hydrogens is 345 g/mol. The topological polar surface area (TPSA) is 52.6 Å². The van der Waals surface area contributed by atoms with E-state index in [9.17, 15) is 18.0 Å². The number of likely N-dealkylation sites (tertiary alicyclic amines) is 1. The third kappa shape index (κ3) is 3.41. The van der Waals surface area contributed by atoms with Crippen LogP contribution in [0.2, 0.25) is 0 Å². The average Bonchev–Trinajstić information content (AvgIpc) is 3.36. The number of alkyl halides is 3. The molecule has 3 atom stereocenters. The molecule has 2 heterocycles. The molecule has 4 nitrogen and oxygen atoms in total. The van der Waals surface area contributed by atoms with Crippen LogP contribution in [0.15, 0.2) is 18.2 Å². The van der Waals surface area contributed by atoms with E-state index in [-0.39, 0.29) is 12.0 Å². The number of fused-ring (bicyclic) bond motifs is 1. The zero-order chi connectivity index (χ0) is 18.5. The predicted molar refractivity (Wildman–Crippen MR) is 90.1 cm³/mol. The molecule has 26 heavy (non-hydrogen) atoms. The number of hydrogen-bond acceptors (Lipinski definition) is 2. The molecule has 0 aromatic heterocycles. The van der Waals surface area contributed by atoms with Gasteiger partial charge in [0.05, 0.1) is 5.56 Å². The average molecular weight is 368 g/mol. The lowest BCUT2D eigenvalue weighted by Crippen LogP contribution is -2.44. The van der Waals surface area contributed by atoms with Crippen molar-refractivity contribution in [1.82, 2.24) is 10.2 Å². The largest absolute Gasteiger partial charge is 0.465 e. The first-order chi connectivity index (χ1) is 12.3. The van der Waals surface area contributed by atoms with E-state index in [1.165, 1.54) is 17.0 Å². The highest BCUT2D eigenvalue weighted by Gasteiger charge is 2.41. The number of halogens is 3. The van der Waals surface area contributed by atoms with E-state index in [1.54, 1.807) is 6.07 Å². The maximum atomic E-state index is 13.0. The molecule has 2 aliphatic heterocycles. The molecule has 2 saturated heterocycles. The minimum Gasteiger partial charge on any atom is -0.465 e. The summed E-state index contributed by atoms with van der Waals surface area (Å²) in [6.45, 7) is 1.86. The standard InChI is InChI=1S/C19H23F3N2O2/c20-19(21,22)14-4-3-12(16(8-14)11-1-2-11)7-17-15-5-6-24(18(25)26)10-13(15)9-23-17/h3-4,8,11,13,15,17,23H,1-2,5-7,9-10H2,(H,25,26)/t13-,15-,17?/m0/s1. The molecule has 7 heteroatoms. The molecule has 0 spiro atoms. The van der Waals surface area contributed by atoms with Crippen molar-refractivity contribution in [2.75, 3.05) is 19.6 Å². The molecule has 0 radical (unpaired) electrons. The van der Waals surface area contributed by atoms with Crippen LogP contribution in [0.5, 0.6) is 0 Å². The van der Waals surface area contributed by atoms with Gasteiger partial charge >= 0.3 is 12.3 Å². The van der Waals surface area contributed by atoms with Crippen molar-refractivity contribution in [1.29, 1.82) is 0 Å². The monoisotopic (exact) mass is 368 g/mol.